The van der Waals surface area contributed by atoms with E-state index in [1.165, 1.54) is 6.33 Å². The molecule has 0 radical (unpaired) electrons. The van der Waals surface area contributed by atoms with Gasteiger partial charge >= 0.3 is 0 Å². The highest BCUT2D eigenvalue weighted by atomic mass is 32.2. The van der Waals surface area contributed by atoms with Crippen molar-refractivity contribution in [1.29, 1.82) is 0 Å². The van der Waals surface area contributed by atoms with Crippen molar-refractivity contribution in [3.05, 3.63) is 249 Å². The number of thiophene rings is 2. The lowest BCUT2D eigenvalue weighted by molar-refractivity contribution is -0.147. The Bertz CT molecular complexity index is 3600. The fourth-order valence-electron chi connectivity index (χ4n) is 10.7. The van der Waals surface area contributed by atoms with Crippen LogP contribution in [0.1, 0.15) is 69.2 Å². The molecule has 2 saturated heterocycles. The van der Waals surface area contributed by atoms with Gasteiger partial charge in [0.1, 0.15) is 71.3 Å². The number of aromatic nitrogens is 4. The Morgan fingerprint density at radius 3 is 1.20 bits per heavy atom. The molecule has 434 valence electrons. The van der Waals surface area contributed by atoms with Crippen molar-refractivity contribution in [2.24, 2.45) is 0 Å². The Hall–Kier alpha value is -6.81. The second-order valence-corrected chi connectivity index (χ2v) is 23.4. The van der Waals surface area contributed by atoms with Gasteiger partial charge in [0, 0.05) is 16.1 Å². The first-order valence-corrected chi connectivity index (χ1v) is 30.7. The Kier molecular flexibility index (Phi) is 20.7. The lowest BCUT2D eigenvalue weighted by atomic mass is 9.90. The van der Waals surface area contributed by atoms with Crippen LogP contribution in [0.2, 0.25) is 0 Å². The summed E-state index contributed by atoms with van der Waals surface area (Å²) in [6.45, 7) is 7.54. The van der Waals surface area contributed by atoms with Gasteiger partial charge in [-0.25, -0.2) is 19.9 Å². The minimum atomic E-state index is -0.858. The second kappa shape index (κ2) is 28.9. The average molecular weight is 1180 g/mol. The van der Waals surface area contributed by atoms with Crippen LogP contribution in [0.4, 0.5) is 5.82 Å². The van der Waals surface area contributed by atoms with Crippen LogP contribution in [-0.4, -0.2) is 75.0 Å². The number of benzene rings is 6. The molecule has 8 atom stereocenters. The number of anilines is 1. The molecule has 4 aromatic heterocycles. The fourth-order valence-corrected chi connectivity index (χ4v) is 13.7. The summed E-state index contributed by atoms with van der Waals surface area (Å²) in [6, 6.07) is 61.0. The number of thioether (sulfide) groups is 1. The van der Waals surface area contributed by atoms with Crippen molar-refractivity contribution in [2.75, 3.05) is 25.2 Å². The van der Waals surface area contributed by atoms with Crippen molar-refractivity contribution in [3.63, 3.8) is 0 Å². The molecular formula is C67H70N6O8S3. The third-order valence-corrected chi connectivity index (χ3v) is 17.8. The van der Waals surface area contributed by atoms with Crippen molar-refractivity contribution >= 4 is 62.1 Å². The molecule has 6 aromatic carbocycles. The third-order valence-electron chi connectivity index (χ3n) is 15.1. The van der Waals surface area contributed by atoms with E-state index in [0.717, 1.165) is 70.0 Å². The molecule has 0 bridgehead atoms. The van der Waals surface area contributed by atoms with E-state index in [4.69, 9.17) is 48.6 Å². The fraction of sp³-hybridized carbons (Fsp3) is 0.284. The Balaban J connectivity index is 0.000000185. The van der Waals surface area contributed by atoms with Gasteiger partial charge in [-0.2, -0.15) is 0 Å². The number of fused-ring (bicyclic) bond motifs is 2. The molecule has 14 nitrogen and oxygen atoms in total. The van der Waals surface area contributed by atoms with E-state index >= 15 is 0 Å². The zero-order chi connectivity index (χ0) is 56.9. The van der Waals surface area contributed by atoms with Crippen molar-refractivity contribution < 1.29 is 37.9 Å². The van der Waals surface area contributed by atoms with Crippen LogP contribution in [0, 0.1) is 0 Å². The van der Waals surface area contributed by atoms with E-state index in [1.807, 2.05) is 121 Å². The zero-order valence-electron chi connectivity index (χ0n) is 47.3. The number of nitrogens with zero attached hydrogens (tertiary/aromatic N) is 4. The minimum absolute atomic E-state index is 0. The van der Waals surface area contributed by atoms with Gasteiger partial charge in [-0.3, -0.25) is 0 Å². The van der Waals surface area contributed by atoms with Gasteiger partial charge in [0.05, 0.1) is 79.0 Å². The van der Waals surface area contributed by atoms with Crippen molar-refractivity contribution in [3.8, 4) is 0 Å². The van der Waals surface area contributed by atoms with Gasteiger partial charge in [0.15, 0.2) is 0 Å². The van der Waals surface area contributed by atoms with Gasteiger partial charge in [0.25, 0.3) is 0 Å². The van der Waals surface area contributed by atoms with E-state index in [-0.39, 0.29) is 18.4 Å². The third kappa shape index (κ3) is 14.1. The maximum Gasteiger partial charge on any atom is 0.135 e. The molecule has 2 aliphatic rings. The monoisotopic (exact) mass is 1180 g/mol. The molecule has 0 saturated carbocycles. The molecule has 17 heteroatoms. The number of rotatable bonds is 23. The first-order chi connectivity index (χ1) is 40.8. The highest BCUT2D eigenvalue weighted by molar-refractivity contribution is 7.98. The molecule has 0 unspecified atom stereocenters. The largest absolute Gasteiger partial charge is 0.383 e. The topological polar surface area (TPSA) is 186 Å². The first-order valence-electron chi connectivity index (χ1n) is 27.7. The molecule has 0 amide bonds. The van der Waals surface area contributed by atoms with Gasteiger partial charge in [-0.05, 0) is 53.5 Å². The Labute approximate surface area is 503 Å². The number of hydrogen-bond acceptors (Lipinski definition) is 17. The lowest BCUT2D eigenvalue weighted by Gasteiger charge is -2.35. The Morgan fingerprint density at radius 2 is 0.810 bits per heavy atom. The van der Waals surface area contributed by atoms with Crippen LogP contribution in [-0.2, 0) is 77.5 Å². The summed E-state index contributed by atoms with van der Waals surface area (Å²) in [4.78, 5) is 19.9. The summed E-state index contributed by atoms with van der Waals surface area (Å²) < 4.78 is 53.3. The zero-order valence-corrected chi connectivity index (χ0v) is 49.8. The van der Waals surface area contributed by atoms with E-state index < -0.39 is 35.6 Å². The van der Waals surface area contributed by atoms with Gasteiger partial charge in [0.2, 0.25) is 0 Å². The molecule has 5 N–H and O–H groups in total. The number of nitrogen functional groups attached to an aromatic ring is 1. The van der Waals surface area contributed by atoms with E-state index in [9.17, 15) is 0 Å². The normalized spacial score (nSPS) is 21.9. The standard InChI is InChI=1S/C34H34N2O4S2.C33H33N3O4S.H3N/c1-34(39-20-26-16-10-5-11-17-26)31(38-19-25-14-8-4-9-15-25)28(21-37-18-24-12-6-3-7-13-24)40-32(34)30-29-27(22-42-30)33(41-2)36-23-35-29;1-33(39-19-25-15-9-4-10-16-25)30(38-18-24-13-7-3-8-14-24)27(20-37-17-23-11-5-2-6-12-23)40-31(33)29-28-26(21-41-29)32(34)36-22-35-28;/h3-17,22-23,28,31-32H,18-21H2,1-2H3;2-16,21-22,27,30-31H,17-20H2,1H3,(H2,34,35,36);1H3/t28-,31-,32+,34-;27-,30-,31+,33-;/m11./s1. The maximum atomic E-state index is 6.90. The van der Waals surface area contributed by atoms with Crippen molar-refractivity contribution in [2.45, 2.75) is 106 Å². The van der Waals surface area contributed by atoms with Gasteiger partial charge < -0.3 is 49.8 Å². The molecule has 84 heavy (non-hydrogen) atoms. The smallest absolute Gasteiger partial charge is 0.135 e. The molecule has 0 aliphatic carbocycles. The lowest BCUT2D eigenvalue weighted by Crippen LogP contribution is -2.47. The Morgan fingerprint density at radius 1 is 0.464 bits per heavy atom. The second-order valence-electron chi connectivity index (χ2n) is 20.8. The van der Waals surface area contributed by atoms with Crippen LogP contribution >= 0.6 is 34.4 Å². The predicted molar refractivity (Wildman–Crippen MR) is 333 cm³/mol. The van der Waals surface area contributed by atoms with E-state index in [2.05, 4.69) is 107 Å². The van der Waals surface area contributed by atoms with Crippen LogP contribution in [0.3, 0.4) is 0 Å². The number of hydrogen-bond donors (Lipinski definition) is 2. The van der Waals surface area contributed by atoms with Gasteiger partial charge in [-0.1, -0.05) is 182 Å². The molecule has 12 rings (SSSR count). The highest BCUT2D eigenvalue weighted by Crippen LogP contribution is 2.52. The SMILES string of the molecule is CSc1ncnc2c([C@@H]3O[C@H](COCc4ccccc4)[C@@H](OCc4ccccc4)[C@@]3(C)OCc3ccccc3)scc12.C[C@@]1(OCc2ccccc2)[C@H](OCc2ccccc2)[C@@H](COCc2ccccc2)O[C@H]1c1scc2c(N)ncnc12.N. The summed E-state index contributed by atoms with van der Waals surface area (Å²) >= 11 is 4.81. The van der Waals surface area contributed by atoms with Gasteiger partial charge in [-0.15, -0.1) is 34.4 Å². The van der Waals surface area contributed by atoms with Crippen LogP contribution < -0.4 is 11.9 Å². The molecule has 10 aromatic rings. The van der Waals surface area contributed by atoms with Crippen LogP contribution in [0.25, 0.3) is 21.8 Å². The predicted octanol–water partition coefficient (Wildman–Crippen LogP) is 14.3. The summed E-state index contributed by atoms with van der Waals surface area (Å²) in [5.41, 5.74) is 12.7. The maximum absolute atomic E-state index is 6.90. The molecule has 2 aliphatic heterocycles. The first kappa shape index (κ1) is 60.3. The summed E-state index contributed by atoms with van der Waals surface area (Å²) in [6.07, 6.45) is 2.71. The minimum Gasteiger partial charge on any atom is -0.383 e. The van der Waals surface area contributed by atoms with E-state index in [0.29, 0.717) is 58.7 Å². The van der Waals surface area contributed by atoms with Crippen LogP contribution in [0.15, 0.2) is 210 Å². The summed E-state index contributed by atoms with van der Waals surface area (Å²) in [5, 5.41) is 6.90. The molecule has 6 heterocycles. The van der Waals surface area contributed by atoms with Crippen LogP contribution in [0.5, 0.6) is 0 Å². The highest BCUT2D eigenvalue weighted by Gasteiger charge is 2.58. The number of nitrogens with two attached hydrogens (primary N) is 1. The summed E-state index contributed by atoms with van der Waals surface area (Å²) in [7, 11) is 0. The average Bonchev–Trinajstić information content (AvgIpc) is 3.33. The molecule has 0 spiro atoms. The molecular weight excluding hydrogens is 1110 g/mol. The van der Waals surface area contributed by atoms with E-state index in [1.54, 1.807) is 40.8 Å². The molecule has 2 fully saturated rings. The van der Waals surface area contributed by atoms with Crippen molar-refractivity contribution in [1.82, 2.24) is 26.1 Å². The summed E-state index contributed by atoms with van der Waals surface area (Å²) in [5.74, 6) is 0.446. The number of ether oxygens (including phenoxy) is 8. The quantitative estimate of drug-likeness (QED) is 0.0455.